The number of nitrogens with one attached hydrogen (secondary N) is 3. The standard InChI is InChI=1S/C36H31N5O7/c1-19(2)28-33-41-29(32-37-22(16-42)18-45-32)30(48-33)36-23-10-6-7-11-25(23)38-34(36)47-27-13-12-21(14-24(27)36)15-26(31(43)40-28)39-35(44)46-17-20-8-4-3-5-9-20/h3-14,16,18-19,26,28,34,38H,15,17H2,1-2H3,(H,39,44)(H,40,43)/t26-,28-,34?,36?/m0/s1. The number of carbonyl (C=O) groups excluding carboxylic acids is 3. The predicted molar refractivity (Wildman–Crippen MR) is 171 cm³/mol. The van der Waals surface area contributed by atoms with Gasteiger partial charge in [-0.15, -0.1) is 0 Å². The number of amides is 2. The van der Waals surface area contributed by atoms with Crippen molar-refractivity contribution in [3.63, 3.8) is 0 Å². The summed E-state index contributed by atoms with van der Waals surface area (Å²) in [6, 6.07) is 21.2. The minimum Gasteiger partial charge on any atom is -0.469 e. The highest BCUT2D eigenvalue weighted by molar-refractivity contribution is 5.86. The van der Waals surface area contributed by atoms with E-state index in [2.05, 4.69) is 20.9 Å². The van der Waals surface area contributed by atoms with Gasteiger partial charge in [-0.05, 0) is 34.7 Å². The van der Waals surface area contributed by atoms with Crippen molar-refractivity contribution in [2.24, 2.45) is 5.92 Å². The van der Waals surface area contributed by atoms with Gasteiger partial charge < -0.3 is 34.3 Å². The molecule has 8 rings (SSSR count). The second-order valence-corrected chi connectivity index (χ2v) is 12.4. The molecule has 0 radical (unpaired) electrons. The minimum atomic E-state index is -1.05. The molecule has 2 aromatic heterocycles. The fraction of sp³-hybridized carbons (Fsp3) is 0.250. The van der Waals surface area contributed by atoms with Gasteiger partial charge in [-0.25, -0.2) is 14.8 Å². The number of alkyl carbamates (subject to hydrolysis) is 1. The van der Waals surface area contributed by atoms with Crippen LogP contribution in [0.25, 0.3) is 11.6 Å². The second-order valence-electron chi connectivity index (χ2n) is 12.4. The summed E-state index contributed by atoms with van der Waals surface area (Å²) in [6.07, 6.45) is 0.673. The molecule has 12 heteroatoms. The van der Waals surface area contributed by atoms with Crippen molar-refractivity contribution in [1.82, 2.24) is 20.6 Å². The fourth-order valence-corrected chi connectivity index (χ4v) is 6.80. The van der Waals surface area contributed by atoms with Crippen molar-refractivity contribution in [3.05, 3.63) is 119 Å². The summed E-state index contributed by atoms with van der Waals surface area (Å²) >= 11 is 0. The van der Waals surface area contributed by atoms with Gasteiger partial charge in [0.2, 0.25) is 17.7 Å². The number of ether oxygens (including phenoxy) is 2. The number of oxazole rings is 2. The lowest BCUT2D eigenvalue weighted by atomic mass is 9.72. The molecule has 0 aliphatic carbocycles. The van der Waals surface area contributed by atoms with Crippen molar-refractivity contribution in [1.29, 1.82) is 0 Å². The van der Waals surface area contributed by atoms with Gasteiger partial charge in [0, 0.05) is 17.7 Å². The Bertz CT molecular complexity index is 2050. The van der Waals surface area contributed by atoms with Crippen LogP contribution in [0.15, 0.2) is 87.9 Å². The molecule has 0 saturated carbocycles. The number of rotatable bonds is 6. The van der Waals surface area contributed by atoms with Crippen LogP contribution in [-0.2, 0) is 28.0 Å². The molecule has 3 N–H and O–H groups in total. The Balaban J connectivity index is 1.28. The van der Waals surface area contributed by atoms with E-state index in [0.717, 1.165) is 27.9 Å². The molecule has 3 aliphatic heterocycles. The zero-order valence-electron chi connectivity index (χ0n) is 26.1. The normalized spacial score (nSPS) is 21.9. The van der Waals surface area contributed by atoms with E-state index in [1.807, 2.05) is 86.6 Å². The number of hydrogen-bond acceptors (Lipinski definition) is 10. The van der Waals surface area contributed by atoms with Crippen LogP contribution >= 0.6 is 0 Å². The van der Waals surface area contributed by atoms with Crippen molar-refractivity contribution in [3.8, 4) is 17.3 Å². The minimum absolute atomic E-state index is 0.0522. The summed E-state index contributed by atoms with van der Waals surface area (Å²) < 4.78 is 24.6. The predicted octanol–water partition coefficient (Wildman–Crippen LogP) is 5.28. The Hall–Kier alpha value is -5.91. The maximum atomic E-state index is 14.0. The number of benzene rings is 3. The van der Waals surface area contributed by atoms with E-state index in [1.165, 1.54) is 6.26 Å². The third kappa shape index (κ3) is 4.71. The van der Waals surface area contributed by atoms with E-state index in [9.17, 15) is 14.4 Å². The van der Waals surface area contributed by atoms with Crippen LogP contribution in [0.3, 0.4) is 0 Å². The number of carbonyl (C=O) groups is 3. The number of aromatic nitrogens is 2. The molecule has 0 fully saturated rings. The number of anilines is 1. The van der Waals surface area contributed by atoms with Gasteiger partial charge >= 0.3 is 6.09 Å². The molecular formula is C36H31N5O7. The first-order valence-corrected chi connectivity index (χ1v) is 15.7. The Morgan fingerprint density at radius 3 is 2.67 bits per heavy atom. The van der Waals surface area contributed by atoms with Crippen LogP contribution in [-0.4, -0.2) is 40.5 Å². The quantitative estimate of drug-likeness (QED) is 0.207. The van der Waals surface area contributed by atoms with Crippen molar-refractivity contribution in [2.45, 2.75) is 50.6 Å². The maximum Gasteiger partial charge on any atom is 0.408 e. The molecule has 242 valence electrons. The molecule has 3 aromatic carbocycles. The summed E-state index contributed by atoms with van der Waals surface area (Å²) in [6.45, 7) is 3.91. The molecule has 48 heavy (non-hydrogen) atoms. The number of aldehydes is 1. The highest BCUT2D eigenvalue weighted by atomic mass is 16.5. The van der Waals surface area contributed by atoms with Crippen molar-refractivity contribution < 1.29 is 32.7 Å². The zero-order valence-corrected chi connectivity index (χ0v) is 26.1. The lowest BCUT2D eigenvalue weighted by Crippen LogP contribution is -2.49. The second kappa shape index (κ2) is 11.4. The number of para-hydroxylation sites is 1. The average Bonchev–Trinajstić information content (AvgIpc) is 3.87. The van der Waals surface area contributed by atoms with E-state index in [0.29, 0.717) is 17.8 Å². The molecule has 2 amide bonds. The monoisotopic (exact) mass is 645 g/mol. The summed E-state index contributed by atoms with van der Waals surface area (Å²) in [5.74, 6) is 0.686. The van der Waals surface area contributed by atoms with E-state index in [4.69, 9.17) is 23.3 Å². The maximum absolute atomic E-state index is 14.0. The largest absolute Gasteiger partial charge is 0.469 e. The molecule has 3 aliphatic rings. The average molecular weight is 646 g/mol. The SMILES string of the molecule is CC(C)[C@@H]1NC(=O)[C@@H](NC(=O)OCc2ccccc2)Cc2ccc3c(c2)C2(c4ccccc4NC2O3)c2oc1nc2-c1nc(C=O)co1. The fourth-order valence-electron chi connectivity index (χ4n) is 6.80. The number of hydrogen-bond donors (Lipinski definition) is 3. The van der Waals surface area contributed by atoms with Crippen LogP contribution in [0.5, 0.6) is 5.75 Å². The van der Waals surface area contributed by atoms with Crippen molar-refractivity contribution >= 4 is 24.0 Å². The first-order chi connectivity index (χ1) is 23.3. The van der Waals surface area contributed by atoms with E-state index >= 15 is 0 Å². The van der Waals surface area contributed by atoms with Crippen molar-refractivity contribution in [2.75, 3.05) is 5.32 Å². The Morgan fingerprint density at radius 1 is 1.06 bits per heavy atom. The smallest absolute Gasteiger partial charge is 0.408 e. The third-order valence-electron chi connectivity index (χ3n) is 9.08. The lowest BCUT2D eigenvalue weighted by molar-refractivity contribution is -0.124. The van der Waals surface area contributed by atoms with Gasteiger partial charge in [0.15, 0.2) is 24.0 Å². The zero-order chi connectivity index (χ0) is 33.0. The Kier molecular flexibility index (Phi) is 7.01. The summed E-state index contributed by atoms with van der Waals surface area (Å²) in [5.41, 5.74) is 3.44. The number of fused-ring (bicyclic) bond motifs is 4. The van der Waals surface area contributed by atoms with Crippen LogP contribution in [0.2, 0.25) is 0 Å². The van der Waals surface area contributed by atoms with E-state index in [1.54, 1.807) is 0 Å². The van der Waals surface area contributed by atoms with E-state index < -0.39 is 35.7 Å². The molecule has 4 bridgehead atoms. The van der Waals surface area contributed by atoms with Crippen LogP contribution in [0.1, 0.15) is 64.3 Å². The van der Waals surface area contributed by atoms with Gasteiger partial charge in [0.25, 0.3) is 0 Å². The molecule has 5 aromatic rings. The van der Waals surface area contributed by atoms with E-state index in [-0.39, 0.29) is 42.1 Å². The number of nitrogens with zero attached hydrogens (tertiary/aromatic N) is 2. The van der Waals surface area contributed by atoms with Gasteiger partial charge in [0.05, 0.1) is 0 Å². The molecule has 4 atom stereocenters. The lowest BCUT2D eigenvalue weighted by Gasteiger charge is -2.28. The molecule has 2 unspecified atom stereocenters. The Morgan fingerprint density at radius 2 is 1.88 bits per heavy atom. The topological polar surface area (TPSA) is 158 Å². The highest BCUT2D eigenvalue weighted by Gasteiger charge is 2.61. The highest BCUT2D eigenvalue weighted by Crippen LogP contribution is 2.59. The molecule has 12 nitrogen and oxygen atoms in total. The summed E-state index contributed by atoms with van der Waals surface area (Å²) in [4.78, 5) is 47.9. The molecule has 0 saturated heterocycles. The third-order valence-corrected chi connectivity index (χ3v) is 9.08. The van der Waals surface area contributed by atoms with Crippen LogP contribution in [0.4, 0.5) is 10.5 Å². The van der Waals surface area contributed by atoms with Gasteiger partial charge in [-0.3, -0.25) is 9.59 Å². The first-order valence-electron chi connectivity index (χ1n) is 15.7. The summed E-state index contributed by atoms with van der Waals surface area (Å²) in [5, 5.41) is 9.36. The van der Waals surface area contributed by atoms with Crippen LogP contribution in [0, 0.1) is 5.92 Å². The first kappa shape index (κ1) is 29.5. The van der Waals surface area contributed by atoms with Gasteiger partial charge in [0.1, 0.15) is 41.8 Å². The molecular weight excluding hydrogens is 614 g/mol. The molecule has 1 spiro atoms. The van der Waals surface area contributed by atoms with Gasteiger partial charge in [-0.2, -0.15) is 0 Å². The van der Waals surface area contributed by atoms with Crippen LogP contribution < -0.4 is 20.7 Å². The summed E-state index contributed by atoms with van der Waals surface area (Å²) in [7, 11) is 0. The van der Waals surface area contributed by atoms with Gasteiger partial charge in [-0.1, -0.05) is 74.5 Å². The Labute approximate surface area is 274 Å². The molecule has 5 heterocycles.